The van der Waals surface area contributed by atoms with Crippen molar-refractivity contribution in [3.63, 3.8) is 0 Å². The number of carbonyl (C=O) groups excluding carboxylic acids is 1. The van der Waals surface area contributed by atoms with Crippen molar-refractivity contribution in [2.75, 3.05) is 13.2 Å². The Balaban J connectivity index is 1.85. The lowest BCUT2D eigenvalue weighted by atomic mass is 9.81. The van der Waals surface area contributed by atoms with Gasteiger partial charge in [-0.1, -0.05) is 26.2 Å². The van der Waals surface area contributed by atoms with Crippen LogP contribution in [0.5, 0.6) is 0 Å². The van der Waals surface area contributed by atoms with Gasteiger partial charge in [0.15, 0.2) is 0 Å². The van der Waals surface area contributed by atoms with E-state index in [9.17, 15) is 4.79 Å². The topological polar surface area (TPSA) is 38.3 Å². The molecule has 1 aliphatic heterocycles. The second-order valence-corrected chi connectivity index (χ2v) is 4.94. The molecule has 0 spiro atoms. The molecule has 1 saturated heterocycles. The molecular weight excluding hydrogens is 190 g/mol. The molecule has 3 heteroatoms. The average molecular weight is 211 g/mol. The van der Waals surface area contributed by atoms with E-state index in [-0.39, 0.29) is 11.3 Å². The Morgan fingerprint density at radius 3 is 2.47 bits per heavy atom. The van der Waals surface area contributed by atoms with Gasteiger partial charge in [0.05, 0.1) is 18.6 Å². The summed E-state index contributed by atoms with van der Waals surface area (Å²) >= 11 is 0. The van der Waals surface area contributed by atoms with E-state index in [0.29, 0.717) is 19.3 Å². The summed E-state index contributed by atoms with van der Waals surface area (Å²) < 4.78 is 5.18. The van der Waals surface area contributed by atoms with Crippen LogP contribution >= 0.6 is 0 Å². The zero-order chi connectivity index (χ0) is 10.7. The maximum Gasteiger partial charge on any atom is 0.231 e. The molecule has 0 aromatic heterocycles. The molecular formula is C12H21NO2. The van der Waals surface area contributed by atoms with Gasteiger partial charge in [-0.25, -0.2) is 0 Å². The van der Waals surface area contributed by atoms with Gasteiger partial charge in [-0.2, -0.15) is 0 Å². The Labute approximate surface area is 91.6 Å². The highest BCUT2D eigenvalue weighted by Gasteiger charge is 2.44. The molecule has 3 nitrogen and oxygen atoms in total. The number of ether oxygens (including phenoxy) is 1. The first-order valence-electron chi connectivity index (χ1n) is 6.15. The van der Waals surface area contributed by atoms with Gasteiger partial charge in [0.1, 0.15) is 0 Å². The van der Waals surface area contributed by atoms with Crippen LogP contribution in [0.15, 0.2) is 0 Å². The van der Waals surface area contributed by atoms with Crippen molar-refractivity contribution < 1.29 is 9.53 Å². The minimum Gasteiger partial charge on any atom is -0.379 e. The highest BCUT2D eigenvalue weighted by atomic mass is 16.5. The van der Waals surface area contributed by atoms with Crippen LogP contribution in [0.4, 0.5) is 0 Å². The predicted octanol–water partition coefficient (Wildman–Crippen LogP) is 1.86. The van der Waals surface area contributed by atoms with Gasteiger partial charge in [-0.3, -0.25) is 4.79 Å². The summed E-state index contributed by atoms with van der Waals surface area (Å²) in [6.07, 6.45) is 7.07. The normalized spacial score (nSPS) is 25.7. The van der Waals surface area contributed by atoms with Crippen LogP contribution in [-0.4, -0.2) is 25.2 Å². The first-order chi connectivity index (χ1) is 7.27. The highest BCUT2D eigenvalue weighted by Crippen LogP contribution is 2.32. The van der Waals surface area contributed by atoms with E-state index in [1.165, 1.54) is 19.3 Å². The molecule has 2 rings (SSSR count). The first kappa shape index (κ1) is 10.9. The molecule has 2 fully saturated rings. The summed E-state index contributed by atoms with van der Waals surface area (Å²) in [5.41, 5.74) is -0.197. The summed E-state index contributed by atoms with van der Waals surface area (Å²) in [5, 5.41) is 3.19. The van der Waals surface area contributed by atoms with Gasteiger partial charge in [-0.15, -0.1) is 0 Å². The standard InChI is InChI=1S/C12H21NO2/c1-2-12(8-15-9-12)11(14)13-10-6-4-3-5-7-10/h10H,2-9H2,1H3,(H,13,14). The van der Waals surface area contributed by atoms with E-state index in [4.69, 9.17) is 4.74 Å². The molecule has 1 aliphatic carbocycles. The fourth-order valence-corrected chi connectivity index (χ4v) is 2.43. The molecule has 0 radical (unpaired) electrons. The maximum atomic E-state index is 12.1. The lowest BCUT2D eigenvalue weighted by Crippen LogP contribution is -2.55. The SMILES string of the molecule is CCC1(C(=O)NC2CCCCC2)COC1. The van der Waals surface area contributed by atoms with Gasteiger partial charge in [-0.05, 0) is 19.3 Å². The van der Waals surface area contributed by atoms with E-state index in [0.717, 1.165) is 19.3 Å². The lowest BCUT2D eigenvalue weighted by Gasteiger charge is -2.40. The molecule has 86 valence electrons. The molecule has 2 aliphatic rings. The predicted molar refractivity (Wildman–Crippen MR) is 58.6 cm³/mol. The lowest BCUT2D eigenvalue weighted by molar-refractivity contribution is -0.163. The minimum atomic E-state index is -0.197. The number of amides is 1. The average Bonchev–Trinajstić information content (AvgIpc) is 2.18. The molecule has 0 bridgehead atoms. The van der Waals surface area contributed by atoms with Crippen LogP contribution in [0.25, 0.3) is 0 Å². The third-order valence-corrected chi connectivity index (χ3v) is 3.86. The van der Waals surface area contributed by atoms with Crippen molar-refractivity contribution in [3.05, 3.63) is 0 Å². The smallest absolute Gasteiger partial charge is 0.231 e. The number of carbonyl (C=O) groups is 1. The number of hydrogen-bond donors (Lipinski definition) is 1. The summed E-state index contributed by atoms with van der Waals surface area (Å²) in [6, 6.07) is 0.426. The zero-order valence-corrected chi connectivity index (χ0v) is 9.55. The maximum absolute atomic E-state index is 12.1. The molecule has 15 heavy (non-hydrogen) atoms. The van der Waals surface area contributed by atoms with Crippen LogP contribution in [0.1, 0.15) is 45.4 Å². The molecule has 0 unspecified atom stereocenters. The Kier molecular flexibility index (Phi) is 3.29. The van der Waals surface area contributed by atoms with Crippen molar-refractivity contribution in [1.82, 2.24) is 5.32 Å². The van der Waals surface area contributed by atoms with Crippen LogP contribution in [0, 0.1) is 5.41 Å². The van der Waals surface area contributed by atoms with Crippen molar-refractivity contribution in [3.8, 4) is 0 Å². The van der Waals surface area contributed by atoms with E-state index >= 15 is 0 Å². The summed E-state index contributed by atoms with van der Waals surface area (Å²) in [4.78, 5) is 12.1. The van der Waals surface area contributed by atoms with Gasteiger partial charge < -0.3 is 10.1 Å². The quantitative estimate of drug-likeness (QED) is 0.774. The van der Waals surface area contributed by atoms with Crippen molar-refractivity contribution in [1.29, 1.82) is 0 Å². The van der Waals surface area contributed by atoms with E-state index in [1.54, 1.807) is 0 Å². The summed E-state index contributed by atoms with van der Waals surface area (Å²) in [7, 11) is 0. The Morgan fingerprint density at radius 2 is 2.00 bits per heavy atom. The van der Waals surface area contributed by atoms with Crippen LogP contribution in [0.3, 0.4) is 0 Å². The summed E-state index contributed by atoms with van der Waals surface area (Å²) in [6.45, 7) is 3.30. The minimum absolute atomic E-state index is 0.197. The molecule has 1 N–H and O–H groups in total. The Bertz CT molecular complexity index is 224. The highest BCUT2D eigenvalue weighted by molar-refractivity contribution is 5.83. The molecule has 0 aromatic carbocycles. The van der Waals surface area contributed by atoms with Gasteiger partial charge in [0, 0.05) is 6.04 Å². The zero-order valence-electron chi connectivity index (χ0n) is 9.55. The molecule has 1 saturated carbocycles. The molecule has 1 amide bonds. The number of hydrogen-bond acceptors (Lipinski definition) is 2. The van der Waals surface area contributed by atoms with E-state index < -0.39 is 0 Å². The van der Waals surface area contributed by atoms with Crippen LogP contribution in [-0.2, 0) is 9.53 Å². The van der Waals surface area contributed by atoms with Gasteiger partial charge in [0.25, 0.3) is 0 Å². The number of rotatable bonds is 3. The fraction of sp³-hybridized carbons (Fsp3) is 0.917. The largest absolute Gasteiger partial charge is 0.379 e. The van der Waals surface area contributed by atoms with Crippen molar-refractivity contribution in [2.24, 2.45) is 5.41 Å². The number of nitrogens with one attached hydrogen (secondary N) is 1. The van der Waals surface area contributed by atoms with Crippen LogP contribution in [0.2, 0.25) is 0 Å². The third-order valence-electron chi connectivity index (χ3n) is 3.86. The van der Waals surface area contributed by atoms with Crippen molar-refractivity contribution >= 4 is 5.91 Å². The summed E-state index contributed by atoms with van der Waals surface area (Å²) in [5.74, 6) is 0.225. The Hall–Kier alpha value is -0.570. The van der Waals surface area contributed by atoms with E-state index in [2.05, 4.69) is 12.2 Å². The van der Waals surface area contributed by atoms with Crippen LogP contribution < -0.4 is 5.32 Å². The first-order valence-corrected chi connectivity index (χ1v) is 6.15. The van der Waals surface area contributed by atoms with Gasteiger partial charge in [0.2, 0.25) is 5.91 Å². The third kappa shape index (κ3) is 2.17. The molecule has 0 atom stereocenters. The second-order valence-electron chi connectivity index (χ2n) is 4.94. The second kappa shape index (κ2) is 4.52. The monoisotopic (exact) mass is 211 g/mol. The fourth-order valence-electron chi connectivity index (χ4n) is 2.43. The molecule has 1 heterocycles. The van der Waals surface area contributed by atoms with E-state index in [1.807, 2.05) is 0 Å². The Morgan fingerprint density at radius 1 is 1.33 bits per heavy atom. The van der Waals surface area contributed by atoms with Gasteiger partial charge >= 0.3 is 0 Å². The van der Waals surface area contributed by atoms with Crippen molar-refractivity contribution in [2.45, 2.75) is 51.5 Å². The molecule has 0 aromatic rings.